The Labute approximate surface area is 107 Å². The van der Waals surface area contributed by atoms with E-state index in [4.69, 9.17) is 16.7 Å². The molecule has 0 bridgehead atoms. The lowest BCUT2D eigenvalue weighted by molar-refractivity contribution is 0.0690. The maximum atomic E-state index is 13.6. The highest BCUT2D eigenvalue weighted by atomic mass is 35.5. The van der Waals surface area contributed by atoms with Crippen molar-refractivity contribution in [2.24, 2.45) is 0 Å². The van der Waals surface area contributed by atoms with Crippen LogP contribution in [0.1, 0.15) is 29.1 Å². The Hall–Kier alpha value is -1.88. The fourth-order valence-electron chi connectivity index (χ4n) is 1.73. The van der Waals surface area contributed by atoms with Gasteiger partial charge in [-0.05, 0) is 19.1 Å². The molecule has 6 heteroatoms. The number of hydrogen-bond donors (Lipinski definition) is 2. The first kappa shape index (κ1) is 12.6. The summed E-state index contributed by atoms with van der Waals surface area (Å²) < 4.78 is 13.6. The third kappa shape index (κ3) is 2.22. The summed E-state index contributed by atoms with van der Waals surface area (Å²) in [5, 5.41) is 15.3. The summed E-state index contributed by atoms with van der Waals surface area (Å²) in [5.41, 5.74) is 1.10. The Balaban J connectivity index is 2.56. The molecule has 94 valence electrons. The molecule has 4 nitrogen and oxygen atoms in total. The molecule has 0 radical (unpaired) electrons. The number of aromatic amines is 1. The van der Waals surface area contributed by atoms with E-state index in [1.807, 2.05) is 0 Å². The van der Waals surface area contributed by atoms with E-state index in [2.05, 4.69) is 10.2 Å². The molecule has 2 N–H and O–H groups in total. The highest BCUT2D eigenvalue weighted by molar-refractivity contribution is 6.31. The fraction of sp³-hybridized carbons (Fsp3) is 0.167. The molecule has 0 saturated carbocycles. The molecule has 2 aromatic rings. The Morgan fingerprint density at radius 1 is 1.56 bits per heavy atom. The third-order valence-electron chi connectivity index (χ3n) is 2.53. The van der Waals surface area contributed by atoms with Gasteiger partial charge in [-0.15, -0.1) is 0 Å². The van der Waals surface area contributed by atoms with E-state index in [9.17, 15) is 9.18 Å². The summed E-state index contributed by atoms with van der Waals surface area (Å²) in [6.45, 7) is 1.37. The van der Waals surface area contributed by atoms with E-state index in [1.54, 1.807) is 18.2 Å². The summed E-state index contributed by atoms with van der Waals surface area (Å²) in [6, 6.07) is 6.25. The standard InChI is InChI=1S/C12H10ClFN2O2/c1-6(14)11-7(3-2-4-8(11)13)9-5-10(12(17)18)16-15-9/h2-6H,1H3,(H,15,16)(H,17,18). The topological polar surface area (TPSA) is 66.0 Å². The Kier molecular flexibility index (Phi) is 3.34. The molecule has 1 heterocycles. The number of benzene rings is 1. The monoisotopic (exact) mass is 268 g/mol. The quantitative estimate of drug-likeness (QED) is 0.896. The predicted molar refractivity (Wildman–Crippen MR) is 65.5 cm³/mol. The average Bonchev–Trinajstić information content (AvgIpc) is 2.77. The van der Waals surface area contributed by atoms with Gasteiger partial charge in [0, 0.05) is 16.1 Å². The molecule has 2 rings (SSSR count). The van der Waals surface area contributed by atoms with Crippen molar-refractivity contribution in [2.75, 3.05) is 0 Å². The summed E-state index contributed by atoms with van der Waals surface area (Å²) in [6.07, 6.45) is -1.27. The largest absolute Gasteiger partial charge is 0.477 e. The molecule has 0 aliphatic heterocycles. The number of aromatic nitrogens is 2. The zero-order chi connectivity index (χ0) is 13.3. The first-order valence-corrected chi connectivity index (χ1v) is 5.60. The Morgan fingerprint density at radius 2 is 2.28 bits per heavy atom. The van der Waals surface area contributed by atoms with Crippen LogP contribution in [0.25, 0.3) is 11.3 Å². The summed E-state index contributed by atoms with van der Waals surface area (Å²) in [7, 11) is 0. The van der Waals surface area contributed by atoms with Crippen LogP contribution in [-0.4, -0.2) is 21.3 Å². The molecular weight excluding hydrogens is 259 g/mol. The minimum Gasteiger partial charge on any atom is -0.477 e. The summed E-state index contributed by atoms with van der Waals surface area (Å²) in [5.74, 6) is -1.12. The number of carboxylic acid groups (broad SMARTS) is 1. The molecule has 0 aliphatic rings. The smallest absolute Gasteiger partial charge is 0.353 e. The number of halogens is 2. The second kappa shape index (κ2) is 4.78. The second-order valence-corrected chi connectivity index (χ2v) is 4.20. The van der Waals surface area contributed by atoms with E-state index in [0.29, 0.717) is 21.8 Å². The molecule has 1 aromatic heterocycles. The van der Waals surface area contributed by atoms with Gasteiger partial charge in [-0.2, -0.15) is 5.10 Å². The summed E-state index contributed by atoms with van der Waals surface area (Å²) >= 11 is 5.95. The van der Waals surface area contributed by atoms with Crippen molar-refractivity contribution >= 4 is 17.6 Å². The second-order valence-electron chi connectivity index (χ2n) is 3.79. The number of alkyl halides is 1. The first-order chi connectivity index (χ1) is 8.50. The number of nitrogens with one attached hydrogen (secondary N) is 1. The van der Waals surface area contributed by atoms with E-state index in [-0.39, 0.29) is 5.69 Å². The van der Waals surface area contributed by atoms with Gasteiger partial charge in [0.15, 0.2) is 0 Å². The minimum absolute atomic E-state index is 0.0533. The van der Waals surface area contributed by atoms with Crippen molar-refractivity contribution in [1.82, 2.24) is 10.2 Å². The van der Waals surface area contributed by atoms with E-state index < -0.39 is 12.1 Å². The number of carboxylic acids is 1. The van der Waals surface area contributed by atoms with Gasteiger partial charge in [0.1, 0.15) is 11.9 Å². The number of hydrogen-bond acceptors (Lipinski definition) is 2. The first-order valence-electron chi connectivity index (χ1n) is 5.22. The molecule has 0 amide bonds. The van der Waals surface area contributed by atoms with Crippen LogP contribution in [0, 0.1) is 0 Å². The SMILES string of the molecule is CC(F)c1c(Cl)cccc1-c1cc(C(=O)O)[nH]n1. The van der Waals surface area contributed by atoms with E-state index >= 15 is 0 Å². The van der Waals surface area contributed by atoms with Crippen LogP contribution in [0.2, 0.25) is 5.02 Å². The van der Waals surface area contributed by atoms with E-state index in [1.165, 1.54) is 13.0 Å². The van der Waals surface area contributed by atoms with Crippen molar-refractivity contribution in [2.45, 2.75) is 13.1 Å². The lowest BCUT2D eigenvalue weighted by Gasteiger charge is -2.10. The van der Waals surface area contributed by atoms with Gasteiger partial charge >= 0.3 is 5.97 Å². The van der Waals surface area contributed by atoms with Gasteiger partial charge in [0.2, 0.25) is 0 Å². The van der Waals surface area contributed by atoms with Crippen LogP contribution < -0.4 is 0 Å². The Bertz CT molecular complexity index is 596. The maximum absolute atomic E-state index is 13.6. The summed E-state index contributed by atoms with van der Waals surface area (Å²) in [4.78, 5) is 10.8. The molecular formula is C12H10ClFN2O2. The number of nitrogens with zero attached hydrogens (tertiary/aromatic N) is 1. The van der Waals surface area contributed by atoms with Crippen LogP contribution in [0.3, 0.4) is 0 Å². The zero-order valence-corrected chi connectivity index (χ0v) is 10.2. The number of aromatic carboxylic acids is 1. The molecule has 0 saturated heterocycles. The molecule has 1 aromatic carbocycles. The van der Waals surface area contributed by atoms with Crippen molar-refractivity contribution in [3.8, 4) is 11.3 Å². The third-order valence-corrected chi connectivity index (χ3v) is 2.86. The predicted octanol–water partition coefficient (Wildman–Crippen LogP) is 3.46. The van der Waals surface area contributed by atoms with E-state index in [0.717, 1.165) is 0 Å². The number of rotatable bonds is 3. The minimum atomic E-state index is -1.27. The highest BCUT2D eigenvalue weighted by Crippen LogP contribution is 2.34. The van der Waals surface area contributed by atoms with Gasteiger partial charge in [-0.25, -0.2) is 9.18 Å². The van der Waals surface area contributed by atoms with Gasteiger partial charge in [-0.1, -0.05) is 23.7 Å². The normalized spacial score (nSPS) is 12.4. The van der Waals surface area contributed by atoms with Crippen molar-refractivity contribution in [3.63, 3.8) is 0 Å². The lowest BCUT2D eigenvalue weighted by Crippen LogP contribution is -1.95. The van der Waals surface area contributed by atoms with Crippen LogP contribution in [-0.2, 0) is 0 Å². The fourth-order valence-corrected chi connectivity index (χ4v) is 2.06. The lowest BCUT2D eigenvalue weighted by atomic mass is 10.0. The van der Waals surface area contributed by atoms with Crippen LogP contribution in [0.15, 0.2) is 24.3 Å². The Morgan fingerprint density at radius 3 is 2.83 bits per heavy atom. The van der Waals surface area contributed by atoms with Crippen LogP contribution in [0.4, 0.5) is 4.39 Å². The van der Waals surface area contributed by atoms with Gasteiger partial charge in [0.05, 0.1) is 5.69 Å². The molecule has 0 aliphatic carbocycles. The van der Waals surface area contributed by atoms with Crippen molar-refractivity contribution < 1.29 is 14.3 Å². The number of carbonyl (C=O) groups is 1. The molecule has 0 fully saturated rings. The van der Waals surface area contributed by atoms with Gasteiger partial charge in [-0.3, -0.25) is 5.10 Å². The van der Waals surface area contributed by atoms with Gasteiger partial charge < -0.3 is 5.11 Å². The average molecular weight is 269 g/mol. The molecule has 1 atom stereocenters. The molecule has 1 unspecified atom stereocenters. The molecule has 0 spiro atoms. The van der Waals surface area contributed by atoms with Crippen LogP contribution in [0.5, 0.6) is 0 Å². The van der Waals surface area contributed by atoms with Gasteiger partial charge in [0.25, 0.3) is 0 Å². The highest BCUT2D eigenvalue weighted by Gasteiger charge is 2.18. The van der Waals surface area contributed by atoms with Crippen molar-refractivity contribution in [1.29, 1.82) is 0 Å². The zero-order valence-electron chi connectivity index (χ0n) is 9.45. The van der Waals surface area contributed by atoms with Crippen molar-refractivity contribution in [3.05, 3.63) is 40.5 Å². The molecule has 18 heavy (non-hydrogen) atoms. The van der Waals surface area contributed by atoms with Crippen LogP contribution >= 0.6 is 11.6 Å². The maximum Gasteiger partial charge on any atom is 0.353 e. The number of H-pyrrole nitrogens is 1.